The molecule has 0 saturated carbocycles. The lowest BCUT2D eigenvalue weighted by Gasteiger charge is -2.10. The normalized spacial score (nSPS) is 10.4. The van der Waals surface area contributed by atoms with E-state index in [1.54, 1.807) is 26.6 Å². The van der Waals surface area contributed by atoms with Gasteiger partial charge in [0.25, 0.3) is 0 Å². The van der Waals surface area contributed by atoms with Crippen molar-refractivity contribution in [3.8, 4) is 11.5 Å². The van der Waals surface area contributed by atoms with Crippen LogP contribution in [0.1, 0.15) is 5.56 Å². The highest BCUT2D eigenvalue weighted by Gasteiger charge is 2.08. The van der Waals surface area contributed by atoms with Crippen molar-refractivity contribution < 1.29 is 9.47 Å². The molecule has 0 radical (unpaired) electrons. The maximum Gasteiger partial charge on any atom is 0.161 e. The fraction of sp³-hybridized carbons (Fsp3) is 0.250. The lowest BCUT2D eigenvalue weighted by molar-refractivity contribution is 0.356. The first-order valence-corrected chi connectivity index (χ1v) is 4.98. The third-order valence-electron chi connectivity index (χ3n) is 2.57. The minimum atomic E-state index is 0.458. The fourth-order valence-corrected chi connectivity index (χ4v) is 1.72. The van der Waals surface area contributed by atoms with Gasteiger partial charge in [0.1, 0.15) is 0 Å². The van der Waals surface area contributed by atoms with Crippen LogP contribution in [0.3, 0.4) is 0 Å². The Kier molecular flexibility index (Phi) is 2.92. The predicted molar refractivity (Wildman–Crippen MR) is 62.7 cm³/mol. The Morgan fingerprint density at radius 3 is 2.44 bits per heavy atom. The summed E-state index contributed by atoms with van der Waals surface area (Å²) in [6.45, 7) is 0.458. The molecule has 84 valence electrons. The smallest absolute Gasteiger partial charge is 0.161 e. The lowest BCUT2D eigenvalue weighted by atomic mass is 10.1. The average molecular weight is 218 g/mol. The van der Waals surface area contributed by atoms with Gasteiger partial charge in [-0.25, -0.2) is 0 Å². The number of hydrogen-bond acceptors (Lipinski definition) is 4. The number of fused-ring (bicyclic) bond motifs is 1. The highest BCUT2D eigenvalue weighted by Crippen LogP contribution is 2.32. The Hall–Kier alpha value is -1.81. The van der Waals surface area contributed by atoms with Gasteiger partial charge < -0.3 is 15.2 Å². The summed E-state index contributed by atoms with van der Waals surface area (Å²) in [6.07, 6.45) is 3.56. The number of hydrogen-bond donors (Lipinski definition) is 1. The molecule has 16 heavy (non-hydrogen) atoms. The summed E-state index contributed by atoms with van der Waals surface area (Å²) < 4.78 is 10.5. The van der Waals surface area contributed by atoms with E-state index in [0.717, 1.165) is 16.3 Å². The standard InChI is InChI=1S/C12H14N2O2/c1-15-11-3-8-6-14-7-9(5-13)10(8)4-12(11)16-2/h3-4,6-7H,5,13H2,1-2H3. The van der Waals surface area contributed by atoms with E-state index in [9.17, 15) is 0 Å². The molecule has 0 aliphatic heterocycles. The van der Waals surface area contributed by atoms with Crippen LogP contribution in [0.25, 0.3) is 10.8 Å². The van der Waals surface area contributed by atoms with Gasteiger partial charge in [0, 0.05) is 24.3 Å². The van der Waals surface area contributed by atoms with Gasteiger partial charge in [-0.1, -0.05) is 0 Å². The Balaban J connectivity index is 2.72. The molecule has 2 N–H and O–H groups in total. The zero-order chi connectivity index (χ0) is 11.5. The zero-order valence-electron chi connectivity index (χ0n) is 9.36. The summed E-state index contributed by atoms with van der Waals surface area (Å²) in [5, 5.41) is 2.05. The largest absolute Gasteiger partial charge is 0.493 e. The number of pyridine rings is 1. The van der Waals surface area contributed by atoms with E-state index in [1.165, 1.54) is 0 Å². The van der Waals surface area contributed by atoms with Crippen LogP contribution < -0.4 is 15.2 Å². The van der Waals surface area contributed by atoms with Gasteiger partial charge in [-0.2, -0.15) is 0 Å². The summed E-state index contributed by atoms with van der Waals surface area (Å²) in [7, 11) is 3.23. The zero-order valence-corrected chi connectivity index (χ0v) is 9.36. The number of rotatable bonds is 3. The third-order valence-corrected chi connectivity index (χ3v) is 2.57. The molecular weight excluding hydrogens is 204 g/mol. The number of aromatic nitrogens is 1. The molecular formula is C12H14N2O2. The number of nitrogens with two attached hydrogens (primary N) is 1. The van der Waals surface area contributed by atoms with Gasteiger partial charge >= 0.3 is 0 Å². The summed E-state index contributed by atoms with van der Waals surface area (Å²) >= 11 is 0. The molecule has 0 aliphatic carbocycles. The first kappa shape index (κ1) is 10.7. The van der Waals surface area contributed by atoms with E-state index in [2.05, 4.69) is 4.98 Å². The number of methoxy groups -OCH3 is 2. The molecule has 1 aromatic heterocycles. The van der Waals surface area contributed by atoms with Crippen LogP contribution in [-0.2, 0) is 6.54 Å². The Morgan fingerprint density at radius 2 is 1.81 bits per heavy atom. The summed E-state index contributed by atoms with van der Waals surface area (Å²) in [6, 6.07) is 3.83. The molecule has 1 aromatic carbocycles. The van der Waals surface area contributed by atoms with Crippen molar-refractivity contribution >= 4 is 10.8 Å². The van der Waals surface area contributed by atoms with E-state index < -0.39 is 0 Å². The van der Waals surface area contributed by atoms with Crippen LogP contribution in [0.4, 0.5) is 0 Å². The molecule has 2 aromatic rings. The van der Waals surface area contributed by atoms with Crippen LogP contribution in [0.2, 0.25) is 0 Å². The summed E-state index contributed by atoms with van der Waals surface area (Å²) in [5.41, 5.74) is 6.66. The van der Waals surface area contributed by atoms with Crippen molar-refractivity contribution in [3.63, 3.8) is 0 Å². The number of nitrogens with zero attached hydrogens (tertiary/aromatic N) is 1. The van der Waals surface area contributed by atoms with Crippen molar-refractivity contribution in [2.24, 2.45) is 5.73 Å². The van der Waals surface area contributed by atoms with Crippen molar-refractivity contribution in [3.05, 3.63) is 30.1 Å². The van der Waals surface area contributed by atoms with E-state index in [-0.39, 0.29) is 0 Å². The fourth-order valence-electron chi connectivity index (χ4n) is 1.72. The summed E-state index contributed by atoms with van der Waals surface area (Å²) in [5.74, 6) is 1.40. The van der Waals surface area contributed by atoms with Crippen LogP contribution in [0.15, 0.2) is 24.5 Å². The second-order valence-electron chi connectivity index (χ2n) is 3.43. The lowest BCUT2D eigenvalue weighted by Crippen LogP contribution is -1.99. The van der Waals surface area contributed by atoms with Crippen molar-refractivity contribution in [1.29, 1.82) is 0 Å². The Labute approximate surface area is 94.0 Å². The number of ether oxygens (including phenoxy) is 2. The monoisotopic (exact) mass is 218 g/mol. The van der Waals surface area contributed by atoms with Crippen LogP contribution in [0.5, 0.6) is 11.5 Å². The van der Waals surface area contributed by atoms with E-state index >= 15 is 0 Å². The molecule has 4 nitrogen and oxygen atoms in total. The van der Waals surface area contributed by atoms with Crippen molar-refractivity contribution in [1.82, 2.24) is 4.98 Å². The quantitative estimate of drug-likeness (QED) is 0.852. The van der Waals surface area contributed by atoms with E-state index in [4.69, 9.17) is 15.2 Å². The maximum absolute atomic E-state index is 5.67. The topological polar surface area (TPSA) is 57.4 Å². The minimum absolute atomic E-state index is 0.458. The predicted octanol–water partition coefficient (Wildman–Crippen LogP) is 1.71. The van der Waals surface area contributed by atoms with E-state index in [1.807, 2.05) is 12.1 Å². The second-order valence-corrected chi connectivity index (χ2v) is 3.43. The highest BCUT2D eigenvalue weighted by molar-refractivity contribution is 5.88. The molecule has 1 heterocycles. The van der Waals surface area contributed by atoms with Crippen LogP contribution in [0, 0.1) is 0 Å². The first-order valence-electron chi connectivity index (χ1n) is 4.98. The molecule has 0 amide bonds. The van der Waals surface area contributed by atoms with Gasteiger partial charge in [-0.15, -0.1) is 0 Å². The molecule has 0 aliphatic rings. The summed E-state index contributed by atoms with van der Waals surface area (Å²) in [4.78, 5) is 4.14. The molecule has 4 heteroatoms. The number of benzene rings is 1. The molecule has 0 unspecified atom stereocenters. The van der Waals surface area contributed by atoms with Gasteiger partial charge in [0.05, 0.1) is 14.2 Å². The van der Waals surface area contributed by atoms with Crippen LogP contribution in [-0.4, -0.2) is 19.2 Å². The second kappa shape index (κ2) is 4.37. The Morgan fingerprint density at radius 1 is 1.12 bits per heavy atom. The van der Waals surface area contributed by atoms with Gasteiger partial charge in [-0.05, 0) is 23.1 Å². The molecule has 0 fully saturated rings. The first-order chi connectivity index (χ1) is 7.80. The van der Waals surface area contributed by atoms with Gasteiger partial charge in [0.2, 0.25) is 0 Å². The highest BCUT2D eigenvalue weighted by atomic mass is 16.5. The molecule has 2 rings (SSSR count). The van der Waals surface area contributed by atoms with E-state index in [0.29, 0.717) is 18.0 Å². The molecule has 0 saturated heterocycles. The molecule has 0 atom stereocenters. The maximum atomic E-state index is 5.67. The van der Waals surface area contributed by atoms with Crippen molar-refractivity contribution in [2.75, 3.05) is 14.2 Å². The van der Waals surface area contributed by atoms with Crippen molar-refractivity contribution in [2.45, 2.75) is 6.54 Å². The molecule has 0 spiro atoms. The molecule has 0 bridgehead atoms. The van der Waals surface area contributed by atoms with Gasteiger partial charge in [-0.3, -0.25) is 4.98 Å². The Bertz CT molecular complexity index is 512. The van der Waals surface area contributed by atoms with Crippen LogP contribution >= 0.6 is 0 Å². The van der Waals surface area contributed by atoms with Gasteiger partial charge in [0.15, 0.2) is 11.5 Å². The SMILES string of the molecule is COc1cc2cncc(CN)c2cc1OC. The minimum Gasteiger partial charge on any atom is -0.493 e. The third kappa shape index (κ3) is 1.67. The average Bonchev–Trinajstić information content (AvgIpc) is 2.36.